The van der Waals surface area contributed by atoms with Gasteiger partial charge in [-0.25, -0.2) is 4.79 Å². The number of ether oxygens (including phenoxy) is 1. The highest BCUT2D eigenvalue weighted by molar-refractivity contribution is 5.79. The molecule has 0 aromatic heterocycles. The number of amides is 2. The predicted octanol–water partition coefficient (Wildman–Crippen LogP) is 2.79. The summed E-state index contributed by atoms with van der Waals surface area (Å²) in [6.45, 7) is 10.6. The summed E-state index contributed by atoms with van der Waals surface area (Å²) in [5.41, 5.74) is -0.283. The van der Waals surface area contributed by atoms with Crippen LogP contribution in [0.25, 0.3) is 0 Å². The van der Waals surface area contributed by atoms with Gasteiger partial charge in [0.25, 0.3) is 0 Å². The molecule has 1 saturated carbocycles. The van der Waals surface area contributed by atoms with Gasteiger partial charge < -0.3 is 15.0 Å². The lowest BCUT2D eigenvalue weighted by Crippen LogP contribution is -2.49. The van der Waals surface area contributed by atoms with Crippen molar-refractivity contribution < 1.29 is 14.3 Å². The molecule has 5 nitrogen and oxygen atoms in total. The summed E-state index contributed by atoms with van der Waals surface area (Å²) >= 11 is 0. The maximum Gasteiger partial charge on any atom is 0.410 e. The van der Waals surface area contributed by atoms with Gasteiger partial charge >= 0.3 is 6.09 Å². The van der Waals surface area contributed by atoms with E-state index >= 15 is 0 Å². The molecule has 1 fully saturated rings. The Bertz CT molecular complexity index is 376. The van der Waals surface area contributed by atoms with Gasteiger partial charge in [0.05, 0.1) is 5.92 Å². The molecule has 0 heterocycles. The Balaban J connectivity index is 2.80. The van der Waals surface area contributed by atoms with E-state index in [-0.39, 0.29) is 29.6 Å². The van der Waals surface area contributed by atoms with Crippen LogP contribution in [0.2, 0.25) is 0 Å². The summed E-state index contributed by atoms with van der Waals surface area (Å²) in [6, 6.07) is 0. The van der Waals surface area contributed by atoms with Crippen molar-refractivity contribution in [3.63, 3.8) is 0 Å². The van der Waals surface area contributed by atoms with Gasteiger partial charge in [0.2, 0.25) is 5.91 Å². The van der Waals surface area contributed by atoms with E-state index in [2.05, 4.69) is 12.2 Å². The van der Waals surface area contributed by atoms with E-state index in [1.165, 1.54) is 0 Å². The van der Waals surface area contributed by atoms with Crippen LogP contribution in [0.5, 0.6) is 0 Å². The number of nitrogens with zero attached hydrogens (tertiary/aromatic N) is 1. The Morgan fingerprint density at radius 3 is 2.38 bits per heavy atom. The van der Waals surface area contributed by atoms with E-state index in [0.717, 1.165) is 19.3 Å². The van der Waals surface area contributed by atoms with Crippen LogP contribution in [-0.2, 0) is 9.53 Å². The second-order valence-electron chi connectivity index (χ2n) is 6.98. The van der Waals surface area contributed by atoms with Gasteiger partial charge in [-0.1, -0.05) is 6.92 Å². The third-order valence-electron chi connectivity index (χ3n) is 4.24. The van der Waals surface area contributed by atoms with Crippen LogP contribution in [0.15, 0.2) is 0 Å². The molecule has 3 unspecified atom stereocenters. The number of rotatable bonds is 3. The normalized spacial score (nSPS) is 26.1. The van der Waals surface area contributed by atoms with Crippen molar-refractivity contribution in [1.29, 1.82) is 0 Å². The summed E-state index contributed by atoms with van der Waals surface area (Å²) in [7, 11) is 1.63. The van der Waals surface area contributed by atoms with Crippen molar-refractivity contribution in [2.75, 3.05) is 13.6 Å². The smallest absolute Gasteiger partial charge is 0.410 e. The van der Waals surface area contributed by atoms with E-state index in [4.69, 9.17) is 4.74 Å². The average molecular weight is 298 g/mol. The summed E-state index contributed by atoms with van der Waals surface area (Å²) in [6.07, 6.45) is 1.89. The van der Waals surface area contributed by atoms with Crippen LogP contribution in [0.3, 0.4) is 0 Å². The number of hydrogen-bond acceptors (Lipinski definition) is 3. The fourth-order valence-electron chi connectivity index (χ4n) is 3.01. The van der Waals surface area contributed by atoms with Crippen LogP contribution in [0.4, 0.5) is 4.79 Å². The van der Waals surface area contributed by atoms with Crippen LogP contribution in [0, 0.1) is 11.8 Å². The quantitative estimate of drug-likeness (QED) is 0.871. The third-order valence-corrected chi connectivity index (χ3v) is 4.24. The molecule has 1 aliphatic rings. The van der Waals surface area contributed by atoms with E-state index < -0.39 is 0 Å². The zero-order valence-corrected chi connectivity index (χ0v) is 14.2. The maximum absolute atomic E-state index is 12.4. The molecule has 1 N–H and O–H groups in total. The number of carbonyl (C=O) groups excluding carboxylic acids is 2. The lowest BCUT2D eigenvalue weighted by Gasteiger charge is -2.38. The zero-order chi connectivity index (χ0) is 16.2. The number of carbonyl (C=O) groups is 2. The van der Waals surface area contributed by atoms with Gasteiger partial charge in [0, 0.05) is 19.1 Å². The van der Waals surface area contributed by atoms with Gasteiger partial charge in [0.1, 0.15) is 6.10 Å². The topological polar surface area (TPSA) is 58.6 Å². The van der Waals surface area contributed by atoms with Crippen LogP contribution >= 0.6 is 0 Å². The predicted molar refractivity (Wildman–Crippen MR) is 83.0 cm³/mol. The molecule has 1 aliphatic carbocycles. The molecule has 0 aliphatic heterocycles. The van der Waals surface area contributed by atoms with Crippen molar-refractivity contribution in [3.05, 3.63) is 0 Å². The molecule has 122 valence electrons. The molecule has 0 saturated heterocycles. The zero-order valence-electron chi connectivity index (χ0n) is 14.2. The van der Waals surface area contributed by atoms with Gasteiger partial charge in [0.15, 0.2) is 0 Å². The first kappa shape index (κ1) is 17.8. The fraction of sp³-hybridized carbons (Fsp3) is 0.875. The van der Waals surface area contributed by atoms with E-state index in [1.54, 1.807) is 11.9 Å². The highest BCUT2D eigenvalue weighted by Crippen LogP contribution is 2.32. The highest BCUT2D eigenvalue weighted by atomic mass is 16.6. The van der Waals surface area contributed by atoms with Gasteiger partial charge in [-0.3, -0.25) is 4.79 Å². The second-order valence-corrected chi connectivity index (χ2v) is 6.98. The number of hydrogen-bond donors (Lipinski definition) is 1. The summed E-state index contributed by atoms with van der Waals surface area (Å²) < 4.78 is 5.70. The minimum Gasteiger partial charge on any atom is -0.445 e. The molecule has 3 atom stereocenters. The molecule has 1 rings (SSSR count). The molecule has 0 aromatic carbocycles. The molecule has 2 amide bonds. The van der Waals surface area contributed by atoms with E-state index in [9.17, 15) is 9.59 Å². The van der Waals surface area contributed by atoms with Crippen LogP contribution in [-0.4, -0.2) is 42.1 Å². The van der Waals surface area contributed by atoms with Gasteiger partial charge in [-0.2, -0.15) is 0 Å². The maximum atomic E-state index is 12.4. The van der Waals surface area contributed by atoms with Crippen molar-refractivity contribution in [3.8, 4) is 0 Å². The van der Waals surface area contributed by atoms with E-state index in [0.29, 0.717) is 12.5 Å². The van der Waals surface area contributed by atoms with Crippen molar-refractivity contribution in [1.82, 2.24) is 10.2 Å². The Hall–Kier alpha value is -1.26. The van der Waals surface area contributed by atoms with Gasteiger partial charge in [-0.15, -0.1) is 0 Å². The molecule has 0 aromatic rings. The van der Waals surface area contributed by atoms with Crippen LogP contribution in [0.1, 0.15) is 53.9 Å². The summed E-state index contributed by atoms with van der Waals surface area (Å²) in [5.74, 6) is 0.223. The minimum atomic E-state index is -0.322. The molecular weight excluding hydrogens is 268 g/mol. The first-order valence-electron chi connectivity index (χ1n) is 7.90. The standard InChI is InChI=1S/C16H30N2O3/c1-7-18(16(3,4)5)15(20)21-13-10-11(2)8-9-12(13)14(19)17-6/h11-13H,7-10H2,1-6H3,(H,17,19). The van der Waals surface area contributed by atoms with E-state index in [1.807, 2.05) is 27.7 Å². The monoisotopic (exact) mass is 298 g/mol. The first-order chi connectivity index (χ1) is 9.70. The molecule has 0 spiro atoms. The summed E-state index contributed by atoms with van der Waals surface area (Å²) in [4.78, 5) is 26.1. The number of nitrogens with one attached hydrogen (secondary N) is 1. The molecule has 21 heavy (non-hydrogen) atoms. The second kappa shape index (κ2) is 7.14. The van der Waals surface area contributed by atoms with Crippen molar-refractivity contribution in [2.24, 2.45) is 11.8 Å². The minimum absolute atomic E-state index is 0.0292. The van der Waals surface area contributed by atoms with Crippen molar-refractivity contribution in [2.45, 2.75) is 65.5 Å². The Labute approximate surface area is 128 Å². The van der Waals surface area contributed by atoms with Crippen molar-refractivity contribution >= 4 is 12.0 Å². The average Bonchev–Trinajstić information content (AvgIpc) is 2.37. The Morgan fingerprint density at radius 2 is 1.90 bits per heavy atom. The molecule has 0 bridgehead atoms. The third kappa shape index (κ3) is 4.61. The Morgan fingerprint density at radius 1 is 1.29 bits per heavy atom. The fourth-order valence-corrected chi connectivity index (χ4v) is 3.01. The summed E-state index contributed by atoms with van der Waals surface area (Å²) in [5, 5.41) is 2.68. The van der Waals surface area contributed by atoms with Crippen LogP contribution < -0.4 is 5.32 Å². The van der Waals surface area contributed by atoms with Gasteiger partial charge in [-0.05, 0) is 52.9 Å². The molecule has 5 heteroatoms. The highest BCUT2D eigenvalue weighted by Gasteiger charge is 2.37. The SMILES string of the molecule is CCN(C(=O)OC1CC(C)CCC1C(=O)NC)C(C)(C)C. The lowest BCUT2D eigenvalue weighted by atomic mass is 9.80. The lowest BCUT2D eigenvalue weighted by molar-refractivity contribution is -0.130. The first-order valence-corrected chi connectivity index (χ1v) is 7.90. The molecular formula is C16H30N2O3. The molecule has 0 radical (unpaired) electrons. The largest absolute Gasteiger partial charge is 0.445 e. The Kier molecular flexibility index (Phi) is 6.05.